The summed E-state index contributed by atoms with van der Waals surface area (Å²) in [6.45, 7) is 2.90. The van der Waals surface area contributed by atoms with E-state index in [1.54, 1.807) is 6.20 Å². The molecule has 2 unspecified atom stereocenters. The van der Waals surface area contributed by atoms with Crippen LogP contribution in [-0.4, -0.2) is 39.8 Å². The molecular weight excluding hydrogens is 228 g/mol. The number of nitrogens with zero attached hydrogens (tertiary/aromatic N) is 3. The number of aromatic nitrogens is 2. The largest absolute Gasteiger partial charge is 0.393 e. The van der Waals surface area contributed by atoms with Gasteiger partial charge in [0, 0.05) is 18.6 Å². The van der Waals surface area contributed by atoms with Crippen molar-refractivity contribution in [2.24, 2.45) is 0 Å². The van der Waals surface area contributed by atoms with Gasteiger partial charge in [0.25, 0.3) is 0 Å². The molecule has 0 spiro atoms. The summed E-state index contributed by atoms with van der Waals surface area (Å²) in [6.07, 6.45) is 7.51. The second-order valence-corrected chi connectivity index (χ2v) is 5.21. The van der Waals surface area contributed by atoms with Crippen LogP contribution in [0.1, 0.15) is 32.6 Å². The Balaban J connectivity index is 1.84. The van der Waals surface area contributed by atoms with Crippen molar-refractivity contribution >= 4 is 11.6 Å². The average Bonchev–Trinajstić information content (AvgIpc) is 2.63. The Morgan fingerprint density at radius 2 is 2.06 bits per heavy atom. The minimum Gasteiger partial charge on any atom is -0.393 e. The van der Waals surface area contributed by atoms with Gasteiger partial charge in [-0.3, -0.25) is 4.98 Å². The zero-order chi connectivity index (χ0) is 12.5. The number of nitrogens with one attached hydrogen (secondary N) is 1. The molecule has 0 saturated carbocycles. The van der Waals surface area contributed by atoms with Gasteiger partial charge in [-0.15, -0.1) is 0 Å². The van der Waals surface area contributed by atoms with Crippen molar-refractivity contribution in [1.82, 2.24) is 9.97 Å². The molecule has 2 atom stereocenters. The van der Waals surface area contributed by atoms with Gasteiger partial charge >= 0.3 is 0 Å². The molecular formula is C13H20N4O. The smallest absolute Gasteiger partial charge is 0.150 e. The lowest BCUT2D eigenvalue weighted by molar-refractivity contribution is 0.126. The van der Waals surface area contributed by atoms with Gasteiger partial charge in [-0.2, -0.15) is 0 Å². The van der Waals surface area contributed by atoms with Gasteiger partial charge in [-0.05, 0) is 32.6 Å². The summed E-state index contributed by atoms with van der Waals surface area (Å²) in [7, 11) is 0. The van der Waals surface area contributed by atoms with E-state index >= 15 is 0 Å². The van der Waals surface area contributed by atoms with Crippen LogP contribution in [0.25, 0.3) is 0 Å². The number of fused-ring (bicyclic) bond motifs is 2. The molecule has 18 heavy (non-hydrogen) atoms. The van der Waals surface area contributed by atoms with Crippen molar-refractivity contribution in [3.8, 4) is 0 Å². The highest BCUT2D eigenvalue weighted by atomic mass is 16.3. The highest BCUT2D eigenvalue weighted by molar-refractivity contribution is 5.47. The van der Waals surface area contributed by atoms with Gasteiger partial charge in [-0.25, -0.2) is 4.98 Å². The molecule has 2 N–H and O–H groups in total. The molecule has 0 radical (unpaired) electrons. The fourth-order valence-electron chi connectivity index (χ4n) is 3.27. The molecule has 0 amide bonds. The monoisotopic (exact) mass is 248 g/mol. The SMILES string of the molecule is CCNc1cncc(N2C3CCC2CC(O)C3)n1. The number of aliphatic hydroxyl groups is 1. The third kappa shape index (κ3) is 2.03. The quantitative estimate of drug-likeness (QED) is 0.846. The van der Waals surface area contributed by atoms with Gasteiger partial charge in [-0.1, -0.05) is 0 Å². The topological polar surface area (TPSA) is 61.3 Å². The Bertz CT molecular complexity index is 411. The van der Waals surface area contributed by atoms with E-state index < -0.39 is 0 Å². The third-order valence-electron chi connectivity index (χ3n) is 3.95. The molecule has 5 nitrogen and oxygen atoms in total. The van der Waals surface area contributed by atoms with Crippen LogP contribution < -0.4 is 10.2 Å². The molecule has 2 aliphatic rings. The Labute approximate surface area is 107 Å². The molecule has 1 aromatic heterocycles. The summed E-state index contributed by atoms with van der Waals surface area (Å²) < 4.78 is 0. The van der Waals surface area contributed by atoms with E-state index in [1.807, 2.05) is 6.20 Å². The Morgan fingerprint density at radius 1 is 1.33 bits per heavy atom. The average molecular weight is 248 g/mol. The van der Waals surface area contributed by atoms with Gasteiger partial charge in [0.1, 0.15) is 11.6 Å². The Hall–Kier alpha value is -1.36. The fraction of sp³-hybridized carbons (Fsp3) is 0.692. The van der Waals surface area contributed by atoms with Crippen molar-refractivity contribution in [3.05, 3.63) is 12.4 Å². The summed E-state index contributed by atoms with van der Waals surface area (Å²) >= 11 is 0. The summed E-state index contributed by atoms with van der Waals surface area (Å²) in [5, 5.41) is 13.0. The van der Waals surface area contributed by atoms with Crippen LogP contribution in [-0.2, 0) is 0 Å². The second kappa shape index (κ2) is 4.72. The molecule has 3 heterocycles. The van der Waals surface area contributed by atoms with Gasteiger partial charge in [0.05, 0.1) is 18.5 Å². The van der Waals surface area contributed by atoms with Crippen LogP contribution in [0.15, 0.2) is 12.4 Å². The zero-order valence-corrected chi connectivity index (χ0v) is 10.7. The zero-order valence-electron chi connectivity index (χ0n) is 10.7. The standard InChI is InChI=1S/C13H20N4O/c1-2-15-12-7-14-8-13(16-12)17-9-3-4-10(17)6-11(18)5-9/h7-11,18H,2-6H2,1H3,(H,15,16). The molecule has 3 rings (SSSR count). The van der Waals surface area contributed by atoms with E-state index in [0.29, 0.717) is 12.1 Å². The first kappa shape index (κ1) is 11.7. The molecule has 1 aromatic rings. The van der Waals surface area contributed by atoms with Crippen LogP contribution in [0.2, 0.25) is 0 Å². The molecule has 5 heteroatoms. The van der Waals surface area contributed by atoms with Crippen LogP contribution in [0.3, 0.4) is 0 Å². The Morgan fingerprint density at radius 3 is 2.72 bits per heavy atom. The number of hydrogen-bond acceptors (Lipinski definition) is 5. The predicted molar refractivity (Wildman–Crippen MR) is 70.7 cm³/mol. The van der Waals surface area contributed by atoms with Crippen LogP contribution in [0, 0.1) is 0 Å². The lowest BCUT2D eigenvalue weighted by Crippen LogP contribution is -2.45. The lowest BCUT2D eigenvalue weighted by Gasteiger charge is -2.37. The van der Waals surface area contributed by atoms with Crippen molar-refractivity contribution in [1.29, 1.82) is 0 Å². The molecule has 0 aliphatic carbocycles. The highest BCUT2D eigenvalue weighted by Gasteiger charge is 2.40. The van der Waals surface area contributed by atoms with Crippen molar-refractivity contribution in [3.63, 3.8) is 0 Å². The summed E-state index contributed by atoms with van der Waals surface area (Å²) in [5.74, 6) is 1.79. The van der Waals surface area contributed by atoms with Gasteiger partial charge in [0.2, 0.25) is 0 Å². The van der Waals surface area contributed by atoms with Crippen molar-refractivity contribution in [2.75, 3.05) is 16.8 Å². The number of rotatable bonds is 3. The highest BCUT2D eigenvalue weighted by Crippen LogP contribution is 2.38. The molecule has 98 valence electrons. The molecule has 2 aliphatic heterocycles. The Kier molecular flexibility index (Phi) is 3.07. The molecule has 0 aromatic carbocycles. The van der Waals surface area contributed by atoms with E-state index in [-0.39, 0.29) is 6.10 Å². The molecule has 2 bridgehead atoms. The number of anilines is 2. The maximum Gasteiger partial charge on any atom is 0.150 e. The van der Waals surface area contributed by atoms with Crippen LogP contribution >= 0.6 is 0 Å². The molecule has 2 fully saturated rings. The maximum atomic E-state index is 9.82. The first-order chi connectivity index (χ1) is 8.78. The minimum atomic E-state index is -0.136. The fourth-order valence-corrected chi connectivity index (χ4v) is 3.27. The predicted octanol–water partition coefficient (Wildman–Crippen LogP) is 1.40. The third-order valence-corrected chi connectivity index (χ3v) is 3.95. The second-order valence-electron chi connectivity index (χ2n) is 5.21. The number of aliphatic hydroxyl groups excluding tert-OH is 1. The summed E-state index contributed by atoms with van der Waals surface area (Å²) in [5.41, 5.74) is 0. The molecule has 2 saturated heterocycles. The first-order valence-electron chi connectivity index (χ1n) is 6.80. The van der Waals surface area contributed by atoms with Gasteiger partial charge < -0.3 is 15.3 Å². The maximum absolute atomic E-state index is 9.82. The summed E-state index contributed by atoms with van der Waals surface area (Å²) in [4.78, 5) is 11.2. The first-order valence-corrected chi connectivity index (χ1v) is 6.80. The summed E-state index contributed by atoms with van der Waals surface area (Å²) in [6, 6.07) is 0.870. The number of piperidine rings is 1. The van der Waals surface area contributed by atoms with Crippen LogP contribution in [0.4, 0.5) is 11.6 Å². The lowest BCUT2D eigenvalue weighted by atomic mass is 10.0. The number of hydrogen-bond donors (Lipinski definition) is 2. The van der Waals surface area contributed by atoms with Crippen molar-refractivity contribution in [2.45, 2.75) is 50.8 Å². The van der Waals surface area contributed by atoms with Crippen LogP contribution in [0.5, 0.6) is 0 Å². The van der Waals surface area contributed by atoms with Gasteiger partial charge in [0.15, 0.2) is 0 Å². The van der Waals surface area contributed by atoms with E-state index in [2.05, 4.69) is 27.1 Å². The minimum absolute atomic E-state index is 0.136. The van der Waals surface area contributed by atoms with E-state index in [9.17, 15) is 5.11 Å². The normalized spacial score (nSPS) is 30.6. The van der Waals surface area contributed by atoms with E-state index in [4.69, 9.17) is 0 Å². The van der Waals surface area contributed by atoms with Crippen molar-refractivity contribution < 1.29 is 5.11 Å². The van der Waals surface area contributed by atoms with E-state index in [1.165, 1.54) is 0 Å². The van der Waals surface area contributed by atoms with E-state index in [0.717, 1.165) is 43.9 Å².